The van der Waals surface area contributed by atoms with Gasteiger partial charge in [-0.25, -0.2) is 9.78 Å². The molecular weight excluding hydrogens is 476 g/mol. The third kappa shape index (κ3) is 4.28. The number of hydrogen-bond acceptors (Lipinski definition) is 4. The number of ether oxygens (including phenoxy) is 1. The number of nitrogens with zero attached hydrogens (tertiary/aromatic N) is 2. The SMILES string of the molecule is Cc1cc2c(c3c(C)cccc13)[C@H](CCl)CN2C(=O)c1cc2cc(NC(=O)OC(C)(C)C)cnc2[nH]1. The molecule has 186 valence electrons. The molecule has 0 unspecified atom stereocenters. The van der Waals surface area contributed by atoms with Gasteiger partial charge in [-0.1, -0.05) is 18.2 Å². The number of alkyl halides is 1. The number of fused-ring (bicyclic) bond motifs is 4. The molecule has 3 heterocycles. The van der Waals surface area contributed by atoms with Crippen molar-refractivity contribution in [1.29, 1.82) is 0 Å². The lowest BCUT2D eigenvalue weighted by molar-refractivity contribution is 0.0635. The van der Waals surface area contributed by atoms with Crippen molar-refractivity contribution in [3.63, 3.8) is 0 Å². The Labute approximate surface area is 214 Å². The minimum absolute atomic E-state index is 0.0435. The number of halogens is 1. The Bertz CT molecular complexity index is 1520. The molecule has 2 N–H and O–H groups in total. The lowest BCUT2D eigenvalue weighted by Gasteiger charge is -2.19. The van der Waals surface area contributed by atoms with Gasteiger partial charge >= 0.3 is 6.09 Å². The number of pyridine rings is 1. The highest BCUT2D eigenvalue weighted by Crippen LogP contribution is 2.44. The second-order valence-electron chi connectivity index (χ2n) is 10.4. The van der Waals surface area contributed by atoms with Gasteiger partial charge in [0.25, 0.3) is 5.91 Å². The monoisotopic (exact) mass is 504 g/mol. The largest absolute Gasteiger partial charge is 0.444 e. The van der Waals surface area contributed by atoms with Crippen molar-refractivity contribution in [3.8, 4) is 0 Å². The van der Waals surface area contributed by atoms with Crippen LogP contribution in [0.25, 0.3) is 21.8 Å². The second kappa shape index (κ2) is 8.82. The second-order valence-corrected chi connectivity index (χ2v) is 10.7. The zero-order valence-electron chi connectivity index (χ0n) is 21.0. The summed E-state index contributed by atoms with van der Waals surface area (Å²) in [5.41, 5.74) is 5.21. The summed E-state index contributed by atoms with van der Waals surface area (Å²) in [5.74, 6) is 0.329. The summed E-state index contributed by atoms with van der Waals surface area (Å²) in [6.45, 7) is 10.1. The number of aromatic amines is 1. The van der Waals surface area contributed by atoms with Crippen molar-refractivity contribution in [1.82, 2.24) is 9.97 Å². The van der Waals surface area contributed by atoms with Gasteiger partial charge in [0.15, 0.2) is 0 Å². The number of benzene rings is 2. The van der Waals surface area contributed by atoms with Crippen molar-refractivity contribution in [2.75, 3.05) is 22.6 Å². The number of amides is 2. The van der Waals surface area contributed by atoms with Gasteiger partial charge in [0.05, 0.1) is 11.9 Å². The lowest BCUT2D eigenvalue weighted by atomic mass is 9.91. The summed E-state index contributed by atoms with van der Waals surface area (Å²) in [4.78, 5) is 35.2. The standard InChI is InChI=1S/C28H29ClN4O3/c1-15-7-6-8-20-16(2)9-22-24(23(15)20)18(12-29)14-33(22)26(34)21-11-17-10-19(13-30-25(17)32-21)31-27(35)36-28(3,4)5/h6-11,13,18H,12,14H2,1-5H3,(H,30,32)(H,31,35)/t18-/m1/s1. The van der Waals surface area contributed by atoms with Crippen LogP contribution in [0, 0.1) is 13.8 Å². The molecule has 0 saturated heterocycles. The van der Waals surface area contributed by atoms with Gasteiger partial charge in [0.1, 0.15) is 16.9 Å². The van der Waals surface area contributed by atoms with Gasteiger partial charge in [-0.3, -0.25) is 10.1 Å². The number of carbonyl (C=O) groups is 2. The maximum absolute atomic E-state index is 13.7. The predicted molar refractivity (Wildman–Crippen MR) is 145 cm³/mol. The molecule has 8 heteroatoms. The molecule has 1 atom stereocenters. The highest BCUT2D eigenvalue weighted by atomic mass is 35.5. The minimum atomic E-state index is -0.607. The molecule has 2 aromatic carbocycles. The van der Waals surface area contributed by atoms with Gasteiger partial charge in [0, 0.05) is 29.4 Å². The van der Waals surface area contributed by atoms with Crippen molar-refractivity contribution in [2.45, 2.75) is 46.1 Å². The topological polar surface area (TPSA) is 87.3 Å². The van der Waals surface area contributed by atoms with Gasteiger partial charge in [0.2, 0.25) is 0 Å². The summed E-state index contributed by atoms with van der Waals surface area (Å²) in [6.07, 6.45) is 0.971. The molecule has 1 aliphatic rings. The maximum atomic E-state index is 13.7. The van der Waals surface area contributed by atoms with E-state index in [0.29, 0.717) is 34.8 Å². The molecule has 0 fully saturated rings. The maximum Gasteiger partial charge on any atom is 0.412 e. The summed E-state index contributed by atoms with van der Waals surface area (Å²) < 4.78 is 5.31. The third-order valence-corrected chi connectivity index (χ3v) is 6.85. The number of H-pyrrole nitrogens is 1. The first-order chi connectivity index (χ1) is 17.1. The van der Waals surface area contributed by atoms with Crippen LogP contribution in [0.15, 0.2) is 42.6 Å². The van der Waals surface area contributed by atoms with Gasteiger partial charge < -0.3 is 14.6 Å². The number of nitrogens with one attached hydrogen (secondary N) is 2. The van der Waals surface area contributed by atoms with Gasteiger partial charge in [-0.15, -0.1) is 11.6 Å². The van der Waals surface area contributed by atoms with Crippen LogP contribution in [0.4, 0.5) is 16.2 Å². The molecule has 7 nitrogen and oxygen atoms in total. The van der Waals surface area contributed by atoms with Crippen molar-refractivity contribution in [3.05, 3.63) is 65.0 Å². The van der Waals surface area contributed by atoms with Crippen molar-refractivity contribution >= 4 is 56.8 Å². The number of hydrogen-bond donors (Lipinski definition) is 2. The molecule has 2 amide bonds. The quantitative estimate of drug-likeness (QED) is 0.305. The molecule has 2 aromatic heterocycles. The van der Waals surface area contributed by atoms with Crippen LogP contribution in [-0.4, -0.2) is 40.0 Å². The Morgan fingerprint density at radius 1 is 1.19 bits per heavy atom. The van der Waals surface area contributed by atoms with E-state index in [0.717, 1.165) is 16.8 Å². The predicted octanol–water partition coefficient (Wildman–Crippen LogP) is 6.66. The highest BCUT2D eigenvalue weighted by Gasteiger charge is 2.35. The minimum Gasteiger partial charge on any atom is -0.444 e. The summed E-state index contributed by atoms with van der Waals surface area (Å²) in [7, 11) is 0. The molecule has 5 rings (SSSR count). The number of anilines is 2. The zero-order valence-corrected chi connectivity index (χ0v) is 21.8. The molecular formula is C28H29ClN4O3. The van der Waals surface area contributed by atoms with Crippen LogP contribution in [0.5, 0.6) is 0 Å². The molecule has 4 aromatic rings. The van der Waals surface area contributed by atoms with Crippen LogP contribution in [-0.2, 0) is 4.74 Å². The van der Waals surface area contributed by atoms with E-state index in [1.807, 2.05) is 4.90 Å². The summed E-state index contributed by atoms with van der Waals surface area (Å²) >= 11 is 6.41. The normalized spacial score (nSPS) is 15.4. The fourth-order valence-corrected chi connectivity index (χ4v) is 5.23. The fraction of sp³-hybridized carbons (Fsp3) is 0.321. The number of carbonyl (C=O) groups excluding carboxylic acids is 2. The highest BCUT2D eigenvalue weighted by molar-refractivity contribution is 6.19. The third-order valence-electron chi connectivity index (χ3n) is 6.48. The van der Waals surface area contributed by atoms with Gasteiger partial charge in [-0.05, 0) is 80.3 Å². The van der Waals surface area contributed by atoms with Crippen LogP contribution >= 0.6 is 11.6 Å². The Morgan fingerprint density at radius 3 is 2.69 bits per heavy atom. The first-order valence-corrected chi connectivity index (χ1v) is 12.5. The molecule has 36 heavy (non-hydrogen) atoms. The van der Waals surface area contributed by atoms with Crippen LogP contribution in [0.1, 0.15) is 53.9 Å². The van der Waals surface area contributed by atoms with E-state index < -0.39 is 11.7 Å². The van der Waals surface area contributed by atoms with E-state index in [9.17, 15) is 9.59 Å². The van der Waals surface area contributed by atoms with Crippen molar-refractivity contribution < 1.29 is 14.3 Å². The Hall–Kier alpha value is -3.58. The average molecular weight is 505 g/mol. The van der Waals surface area contributed by atoms with E-state index in [1.165, 1.54) is 22.5 Å². The number of aryl methyl sites for hydroxylation is 2. The zero-order chi connectivity index (χ0) is 25.8. The molecule has 0 spiro atoms. The average Bonchev–Trinajstić information content (AvgIpc) is 3.38. The molecule has 0 bridgehead atoms. The summed E-state index contributed by atoms with van der Waals surface area (Å²) in [6, 6.07) is 11.9. The molecule has 1 aliphatic heterocycles. The first-order valence-electron chi connectivity index (χ1n) is 11.9. The van der Waals surface area contributed by atoms with Crippen LogP contribution < -0.4 is 10.2 Å². The first kappa shape index (κ1) is 24.1. The molecule has 0 saturated carbocycles. The Morgan fingerprint density at radius 2 is 1.97 bits per heavy atom. The molecule has 0 aliphatic carbocycles. The van der Waals surface area contributed by atoms with Crippen LogP contribution in [0.3, 0.4) is 0 Å². The van der Waals surface area contributed by atoms with E-state index in [1.54, 1.807) is 32.9 Å². The summed E-state index contributed by atoms with van der Waals surface area (Å²) in [5, 5.41) is 5.78. The smallest absolute Gasteiger partial charge is 0.412 e. The lowest BCUT2D eigenvalue weighted by Crippen LogP contribution is -2.30. The number of rotatable bonds is 3. The van der Waals surface area contributed by atoms with E-state index >= 15 is 0 Å². The van der Waals surface area contributed by atoms with E-state index in [4.69, 9.17) is 16.3 Å². The van der Waals surface area contributed by atoms with Gasteiger partial charge in [-0.2, -0.15) is 0 Å². The molecule has 0 radical (unpaired) electrons. The van der Waals surface area contributed by atoms with E-state index in [-0.39, 0.29) is 11.8 Å². The Kier molecular flexibility index (Phi) is 5.91. The van der Waals surface area contributed by atoms with Crippen LogP contribution in [0.2, 0.25) is 0 Å². The fourth-order valence-electron chi connectivity index (χ4n) is 4.97. The van der Waals surface area contributed by atoms with Crippen molar-refractivity contribution in [2.24, 2.45) is 0 Å². The van der Waals surface area contributed by atoms with E-state index in [2.05, 4.69) is 53.4 Å². The number of aromatic nitrogens is 2. The Balaban J connectivity index is 1.49.